The van der Waals surface area contributed by atoms with Crippen LogP contribution < -0.4 is 0 Å². The lowest BCUT2D eigenvalue weighted by molar-refractivity contribution is -0.143. The molecule has 4 heteroatoms. The summed E-state index contributed by atoms with van der Waals surface area (Å²) in [6.45, 7) is 0. The van der Waals surface area contributed by atoms with E-state index in [9.17, 15) is 4.79 Å². The lowest BCUT2D eigenvalue weighted by Crippen LogP contribution is -2.17. The van der Waals surface area contributed by atoms with E-state index in [0.29, 0.717) is 11.4 Å². The molecule has 1 saturated carbocycles. The van der Waals surface area contributed by atoms with Crippen molar-refractivity contribution in [2.75, 3.05) is 0 Å². The minimum atomic E-state index is -0.707. The smallest absolute Gasteiger partial charge is 0.309 e. The number of rotatable bonds is 3. The highest BCUT2D eigenvalue weighted by Gasteiger charge is 2.50. The molecule has 1 N–H and O–H groups in total. The number of benzene rings is 1. The zero-order valence-corrected chi connectivity index (χ0v) is 10.3. The second kappa shape index (κ2) is 3.80. The Labute approximate surface area is 101 Å². The van der Waals surface area contributed by atoms with Crippen LogP contribution in [0.4, 0.5) is 0 Å². The van der Waals surface area contributed by atoms with E-state index in [1.807, 2.05) is 12.1 Å². The fourth-order valence-electron chi connectivity index (χ4n) is 1.65. The van der Waals surface area contributed by atoms with Gasteiger partial charge in [0, 0.05) is 9.50 Å². The largest absolute Gasteiger partial charge is 0.481 e. The van der Waals surface area contributed by atoms with Gasteiger partial charge in [-0.05, 0) is 37.0 Å². The fourth-order valence-corrected chi connectivity index (χ4v) is 2.39. The zero-order valence-electron chi connectivity index (χ0n) is 7.96. The molecule has 0 heterocycles. The molecule has 0 atom stereocenters. The van der Waals surface area contributed by atoms with Crippen LogP contribution >= 0.6 is 27.5 Å². The normalized spacial score (nSPS) is 17.5. The molecule has 0 bridgehead atoms. The molecule has 0 unspecified atom stereocenters. The molecular weight excluding hydrogens is 279 g/mol. The number of carboxylic acid groups (broad SMARTS) is 1. The maximum Gasteiger partial charge on any atom is 0.309 e. The maximum absolute atomic E-state index is 11.0. The molecule has 1 aromatic rings. The van der Waals surface area contributed by atoms with E-state index in [4.69, 9.17) is 16.7 Å². The van der Waals surface area contributed by atoms with Crippen molar-refractivity contribution in [1.29, 1.82) is 0 Å². The van der Waals surface area contributed by atoms with E-state index >= 15 is 0 Å². The summed E-state index contributed by atoms with van der Waals surface area (Å²) in [5.41, 5.74) is 0.372. The van der Waals surface area contributed by atoms with Gasteiger partial charge in [-0.15, -0.1) is 0 Å². The summed E-state index contributed by atoms with van der Waals surface area (Å²) in [6.07, 6.45) is 2.05. The van der Waals surface area contributed by atoms with E-state index in [1.165, 1.54) is 0 Å². The second-order valence-electron chi connectivity index (χ2n) is 4.00. The standard InChI is InChI=1S/C11H10BrClO2/c12-8-2-1-7(9(13)5-8)6-11(3-4-11)10(14)15/h1-2,5H,3-4,6H2,(H,14,15). The molecule has 0 amide bonds. The Morgan fingerprint density at radius 1 is 1.53 bits per heavy atom. The summed E-state index contributed by atoms with van der Waals surface area (Å²) in [7, 11) is 0. The summed E-state index contributed by atoms with van der Waals surface area (Å²) in [6, 6.07) is 5.57. The average Bonchev–Trinajstić information content (AvgIpc) is 2.91. The van der Waals surface area contributed by atoms with Gasteiger partial charge in [0.05, 0.1) is 5.41 Å². The minimum absolute atomic E-state index is 0.536. The van der Waals surface area contributed by atoms with E-state index in [-0.39, 0.29) is 0 Å². The Morgan fingerprint density at radius 2 is 2.20 bits per heavy atom. The number of hydrogen-bond donors (Lipinski definition) is 1. The maximum atomic E-state index is 11.0. The molecule has 0 aliphatic heterocycles. The van der Waals surface area contributed by atoms with Crippen LogP contribution in [0.2, 0.25) is 5.02 Å². The van der Waals surface area contributed by atoms with Gasteiger partial charge in [0.1, 0.15) is 0 Å². The van der Waals surface area contributed by atoms with Crippen LogP contribution in [0.3, 0.4) is 0 Å². The minimum Gasteiger partial charge on any atom is -0.481 e. The number of carboxylic acids is 1. The van der Waals surface area contributed by atoms with Crippen LogP contribution in [-0.2, 0) is 11.2 Å². The molecule has 1 aliphatic rings. The van der Waals surface area contributed by atoms with Gasteiger partial charge in [0.15, 0.2) is 0 Å². The second-order valence-corrected chi connectivity index (χ2v) is 5.32. The molecule has 0 aromatic heterocycles. The highest BCUT2D eigenvalue weighted by atomic mass is 79.9. The zero-order chi connectivity index (χ0) is 11.1. The van der Waals surface area contributed by atoms with Gasteiger partial charge in [0.25, 0.3) is 0 Å². The first-order chi connectivity index (χ1) is 7.03. The van der Waals surface area contributed by atoms with Gasteiger partial charge in [0.2, 0.25) is 0 Å². The summed E-state index contributed by atoms with van der Waals surface area (Å²) in [5.74, 6) is -0.707. The molecule has 0 radical (unpaired) electrons. The Bertz CT molecular complexity index is 413. The molecule has 15 heavy (non-hydrogen) atoms. The van der Waals surface area contributed by atoms with E-state index < -0.39 is 11.4 Å². The monoisotopic (exact) mass is 288 g/mol. The van der Waals surface area contributed by atoms with Crippen molar-refractivity contribution in [2.45, 2.75) is 19.3 Å². The number of halogens is 2. The summed E-state index contributed by atoms with van der Waals surface area (Å²) < 4.78 is 0.913. The predicted molar refractivity (Wildman–Crippen MR) is 62.2 cm³/mol. The molecule has 0 spiro atoms. The third-order valence-electron chi connectivity index (χ3n) is 2.85. The molecular formula is C11H10BrClO2. The van der Waals surface area contributed by atoms with Crippen molar-refractivity contribution in [3.63, 3.8) is 0 Å². The molecule has 80 valence electrons. The van der Waals surface area contributed by atoms with Crippen molar-refractivity contribution in [1.82, 2.24) is 0 Å². The lowest BCUT2D eigenvalue weighted by Gasteiger charge is -2.11. The predicted octanol–water partition coefficient (Wildman–Crippen LogP) is 3.51. The first-order valence-electron chi connectivity index (χ1n) is 4.71. The molecule has 0 saturated heterocycles. The first kappa shape index (κ1) is 11.0. The summed E-state index contributed by atoms with van der Waals surface area (Å²) in [4.78, 5) is 11.0. The van der Waals surface area contributed by atoms with Gasteiger partial charge in [-0.1, -0.05) is 33.6 Å². The van der Waals surface area contributed by atoms with Crippen molar-refractivity contribution < 1.29 is 9.90 Å². The molecule has 1 fully saturated rings. The van der Waals surface area contributed by atoms with E-state index in [2.05, 4.69) is 15.9 Å². The Morgan fingerprint density at radius 3 is 2.67 bits per heavy atom. The average molecular weight is 290 g/mol. The van der Waals surface area contributed by atoms with Crippen LogP contribution in [0.1, 0.15) is 18.4 Å². The summed E-state index contributed by atoms with van der Waals surface area (Å²) >= 11 is 9.36. The van der Waals surface area contributed by atoms with Crippen LogP contribution in [0.5, 0.6) is 0 Å². The molecule has 2 rings (SSSR count). The van der Waals surface area contributed by atoms with Gasteiger partial charge in [-0.3, -0.25) is 4.79 Å². The third kappa shape index (κ3) is 2.18. The van der Waals surface area contributed by atoms with Gasteiger partial charge < -0.3 is 5.11 Å². The topological polar surface area (TPSA) is 37.3 Å². The SMILES string of the molecule is O=C(O)C1(Cc2ccc(Br)cc2Cl)CC1. The summed E-state index contributed by atoms with van der Waals surface area (Å²) in [5, 5.41) is 9.69. The van der Waals surface area contributed by atoms with Crippen molar-refractivity contribution in [2.24, 2.45) is 5.41 Å². The quantitative estimate of drug-likeness (QED) is 0.924. The highest BCUT2D eigenvalue weighted by Crippen LogP contribution is 2.49. The molecule has 1 aromatic carbocycles. The van der Waals surface area contributed by atoms with Gasteiger partial charge >= 0.3 is 5.97 Å². The third-order valence-corrected chi connectivity index (χ3v) is 3.70. The number of hydrogen-bond acceptors (Lipinski definition) is 1. The Balaban J connectivity index is 2.21. The number of carbonyl (C=O) groups is 1. The Kier molecular flexibility index (Phi) is 2.77. The van der Waals surface area contributed by atoms with Crippen molar-refractivity contribution in [3.05, 3.63) is 33.3 Å². The van der Waals surface area contributed by atoms with Crippen LogP contribution in [0.25, 0.3) is 0 Å². The molecule has 2 nitrogen and oxygen atoms in total. The van der Waals surface area contributed by atoms with Crippen LogP contribution in [0.15, 0.2) is 22.7 Å². The van der Waals surface area contributed by atoms with Gasteiger partial charge in [-0.2, -0.15) is 0 Å². The van der Waals surface area contributed by atoms with E-state index in [0.717, 1.165) is 22.9 Å². The fraction of sp³-hybridized carbons (Fsp3) is 0.364. The van der Waals surface area contributed by atoms with Crippen molar-refractivity contribution >= 4 is 33.5 Å². The van der Waals surface area contributed by atoms with E-state index in [1.54, 1.807) is 6.07 Å². The Hall–Kier alpha value is -0.540. The van der Waals surface area contributed by atoms with Gasteiger partial charge in [-0.25, -0.2) is 0 Å². The highest BCUT2D eigenvalue weighted by molar-refractivity contribution is 9.10. The molecule has 1 aliphatic carbocycles. The van der Waals surface area contributed by atoms with Crippen LogP contribution in [0, 0.1) is 5.41 Å². The lowest BCUT2D eigenvalue weighted by atomic mass is 9.97. The first-order valence-corrected chi connectivity index (χ1v) is 5.88. The van der Waals surface area contributed by atoms with Crippen LogP contribution in [-0.4, -0.2) is 11.1 Å². The number of aliphatic carboxylic acids is 1. The van der Waals surface area contributed by atoms with Crippen molar-refractivity contribution in [3.8, 4) is 0 Å².